The second-order valence-electron chi connectivity index (χ2n) is 4.46. The van der Waals surface area contributed by atoms with E-state index in [1.54, 1.807) is 17.4 Å². The van der Waals surface area contributed by atoms with Crippen LogP contribution in [0.25, 0.3) is 0 Å². The van der Waals surface area contributed by atoms with Gasteiger partial charge in [0, 0.05) is 13.1 Å². The predicted molar refractivity (Wildman–Crippen MR) is 82.1 cm³/mol. The van der Waals surface area contributed by atoms with Gasteiger partial charge in [0.05, 0.1) is 4.90 Å². The quantitative estimate of drug-likeness (QED) is 0.859. The Morgan fingerprint density at radius 2 is 2.05 bits per heavy atom. The van der Waals surface area contributed by atoms with Crippen LogP contribution >= 0.6 is 11.3 Å². The number of hydrogen-bond donors (Lipinski definition) is 2. The molecule has 0 unspecified atom stereocenters. The van der Waals surface area contributed by atoms with E-state index in [0.717, 1.165) is 16.7 Å². The molecule has 0 aliphatic rings. The Bertz CT molecular complexity index is 664. The van der Waals surface area contributed by atoms with Crippen LogP contribution < -0.4 is 10.5 Å². The van der Waals surface area contributed by atoms with E-state index in [1.807, 2.05) is 35.9 Å². The maximum Gasteiger partial charge on any atom is 0.241 e. The summed E-state index contributed by atoms with van der Waals surface area (Å²) in [5.41, 5.74) is 8.18. The molecular formula is C14H18N2O2S2. The van der Waals surface area contributed by atoms with Gasteiger partial charge in [-0.05, 0) is 46.0 Å². The Morgan fingerprint density at radius 3 is 2.65 bits per heavy atom. The van der Waals surface area contributed by atoms with Crippen molar-refractivity contribution in [3.05, 3.63) is 51.7 Å². The SMILES string of the molecule is CCc1ccc(CN)cc1S(=O)(=O)NCc1ccsc1. The summed E-state index contributed by atoms with van der Waals surface area (Å²) in [5, 5.41) is 3.86. The highest BCUT2D eigenvalue weighted by Gasteiger charge is 2.18. The summed E-state index contributed by atoms with van der Waals surface area (Å²) >= 11 is 1.55. The molecule has 0 saturated carbocycles. The van der Waals surface area contributed by atoms with Gasteiger partial charge in [0.25, 0.3) is 0 Å². The van der Waals surface area contributed by atoms with E-state index < -0.39 is 10.0 Å². The summed E-state index contributed by atoms with van der Waals surface area (Å²) < 4.78 is 27.5. The minimum atomic E-state index is -3.51. The average molecular weight is 310 g/mol. The first-order chi connectivity index (χ1) is 9.56. The fourth-order valence-corrected chi connectivity index (χ4v) is 3.96. The van der Waals surface area contributed by atoms with Gasteiger partial charge in [0.2, 0.25) is 10.0 Å². The van der Waals surface area contributed by atoms with Crippen molar-refractivity contribution in [1.29, 1.82) is 0 Å². The van der Waals surface area contributed by atoms with Gasteiger partial charge in [0.15, 0.2) is 0 Å². The molecule has 108 valence electrons. The van der Waals surface area contributed by atoms with Gasteiger partial charge >= 0.3 is 0 Å². The van der Waals surface area contributed by atoms with E-state index in [9.17, 15) is 8.42 Å². The summed E-state index contributed by atoms with van der Waals surface area (Å²) in [5.74, 6) is 0. The van der Waals surface area contributed by atoms with Crippen LogP contribution in [0, 0.1) is 0 Å². The average Bonchev–Trinajstić information content (AvgIpc) is 2.98. The molecule has 0 atom stereocenters. The van der Waals surface area contributed by atoms with Crippen molar-refractivity contribution >= 4 is 21.4 Å². The molecule has 0 fully saturated rings. The monoisotopic (exact) mass is 310 g/mol. The molecule has 0 radical (unpaired) electrons. The third-order valence-corrected chi connectivity index (χ3v) is 5.30. The second-order valence-corrected chi connectivity index (χ2v) is 6.97. The third kappa shape index (κ3) is 3.46. The van der Waals surface area contributed by atoms with E-state index in [1.165, 1.54) is 0 Å². The van der Waals surface area contributed by atoms with Crippen molar-refractivity contribution in [2.45, 2.75) is 31.3 Å². The molecule has 20 heavy (non-hydrogen) atoms. The van der Waals surface area contributed by atoms with Crippen molar-refractivity contribution in [2.24, 2.45) is 5.73 Å². The highest BCUT2D eigenvalue weighted by atomic mass is 32.2. The molecule has 1 aromatic carbocycles. The molecule has 0 saturated heterocycles. The fourth-order valence-electron chi connectivity index (χ4n) is 1.92. The lowest BCUT2D eigenvalue weighted by molar-refractivity contribution is 0.580. The Balaban J connectivity index is 2.28. The molecule has 0 aliphatic carbocycles. The molecule has 1 aromatic heterocycles. The number of nitrogens with two attached hydrogens (primary N) is 1. The standard InChI is InChI=1S/C14H18N2O2S2/c1-2-13-4-3-11(8-15)7-14(13)20(17,18)16-9-12-5-6-19-10-12/h3-7,10,16H,2,8-9,15H2,1H3. The van der Waals surface area contributed by atoms with Crippen LogP contribution in [-0.2, 0) is 29.5 Å². The normalized spacial score (nSPS) is 11.7. The van der Waals surface area contributed by atoms with Crippen LogP contribution in [0.4, 0.5) is 0 Å². The topological polar surface area (TPSA) is 72.2 Å². The molecule has 1 heterocycles. The Kier molecular flexibility index (Phi) is 4.93. The van der Waals surface area contributed by atoms with Gasteiger partial charge in [0.1, 0.15) is 0 Å². The van der Waals surface area contributed by atoms with Crippen LogP contribution in [-0.4, -0.2) is 8.42 Å². The van der Waals surface area contributed by atoms with Gasteiger partial charge in [-0.15, -0.1) is 0 Å². The van der Waals surface area contributed by atoms with Crippen LogP contribution in [0.15, 0.2) is 39.9 Å². The Labute approximate surface area is 123 Å². The van der Waals surface area contributed by atoms with Crippen molar-refractivity contribution < 1.29 is 8.42 Å². The zero-order chi connectivity index (χ0) is 14.6. The highest BCUT2D eigenvalue weighted by Crippen LogP contribution is 2.19. The predicted octanol–water partition coefficient (Wildman–Crippen LogP) is 2.25. The van der Waals surface area contributed by atoms with Gasteiger partial charge in [-0.2, -0.15) is 11.3 Å². The number of benzene rings is 1. The van der Waals surface area contributed by atoms with E-state index in [-0.39, 0.29) is 0 Å². The Hall–Kier alpha value is -1.21. The molecule has 0 aliphatic heterocycles. The van der Waals surface area contributed by atoms with E-state index in [2.05, 4.69) is 4.72 Å². The van der Waals surface area contributed by atoms with Crippen LogP contribution in [0.3, 0.4) is 0 Å². The summed E-state index contributed by atoms with van der Waals surface area (Å²) in [4.78, 5) is 0.332. The molecule has 2 aromatic rings. The summed E-state index contributed by atoms with van der Waals surface area (Å²) in [6.45, 7) is 2.58. The molecule has 4 nitrogen and oxygen atoms in total. The van der Waals surface area contributed by atoms with Gasteiger partial charge in [-0.1, -0.05) is 19.1 Å². The lowest BCUT2D eigenvalue weighted by Gasteiger charge is -2.11. The van der Waals surface area contributed by atoms with E-state index >= 15 is 0 Å². The minimum absolute atomic E-state index is 0.307. The van der Waals surface area contributed by atoms with E-state index in [4.69, 9.17) is 5.73 Å². The molecule has 0 amide bonds. The van der Waals surface area contributed by atoms with Crippen molar-refractivity contribution in [2.75, 3.05) is 0 Å². The molecular weight excluding hydrogens is 292 g/mol. The number of thiophene rings is 1. The van der Waals surface area contributed by atoms with E-state index in [0.29, 0.717) is 24.4 Å². The smallest absolute Gasteiger partial charge is 0.241 e. The molecule has 0 bridgehead atoms. The molecule has 3 N–H and O–H groups in total. The zero-order valence-electron chi connectivity index (χ0n) is 11.3. The van der Waals surface area contributed by atoms with Crippen molar-refractivity contribution in [1.82, 2.24) is 4.72 Å². The summed E-state index contributed by atoms with van der Waals surface area (Å²) in [6, 6.07) is 7.27. The number of aryl methyl sites for hydroxylation is 1. The van der Waals surface area contributed by atoms with Crippen LogP contribution in [0.2, 0.25) is 0 Å². The second kappa shape index (κ2) is 6.49. The van der Waals surface area contributed by atoms with Crippen molar-refractivity contribution in [3.8, 4) is 0 Å². The maximum absolute atomic E-state index is 12.4. The number of rotatable bonds is 6. The molecule has 0 spiro atoms. The number of sulfonamides is 1. The zero-order valence-corrected chi connectivity index (χ0v) is 12.9. The number of nitrogens with one attached hydrogen (secondary N) is 1. The van der Waals surface area contributed by atoms with Gasteiger partial charge in [-0.25, -0.2) is 13.1 Å². The van der Waals surface area contributed by atoms with Crippen LogP contribution in [0.5, 0.6) is 0 Å². The fraction of sp³-hybridized carbons (Fsp3) is 0.286. The maximum atomic E-state index is 12.4. The third-order valence-electron chi connectivity index (χ3n) is 3.08. The first-order valence-electron chi connectivity index (χ1n) is 6.39. The lowest BCUT2D eigenvalue weighted by Crippen LogP contribution is -2.24. The summed E-state index contributed by atoms with van der Waals surface area (Å²) in [6.07, 6.45) is 0.666. The molecule has 6 heteroatoms. The molecule has 2 rings (SSSR count). The summed E-state index contributed by atoms with van der Waals surface area (Å²) in [7, 11) is -3.51. The van der Waals surface area contributed by atoms with Crippen molar-refractivity contribution in [3.63, 3.8) is 0 Å². The first-order valence-corrected chi connectivity index (χ1v) is 8.82. The van der Waals surface area contributed by atoms with Crippen LogP contribution in [0.1, 0.15) is 23.6 Å². The Morgan fingerprint density at radius 1 is 1.25 bits per heavy atom. The largest absolute Gasteiger partial charge is 0.326 e. The van der Waals surface area contributed by atoms with Gasteiger partial charge < -0.3 is 5.73 Å². The lowest BCUT2D eigenvalue weighted by atomic mass is 10.1. The van der Waals surface area contributed by atoms with Gasteiger partial charge in [-0.3, -0.25) is 0 Å². The minimum Gasteiger partial charge on any atom is -0.326 e. The highest BCUT2D eigenvalue weighted by molar-refractivity contribution is 7.89. The number of hydrogen-bond acceptors (Lipinski definition) is 4. The first kappa shape index (κ1) is 15.2.